The predicted octanol–water partition coefficient (Wildman–Crippen LogP) is 2.39. The van der Waals surface area contributed by atoms with Gasteiger partial charge in [-0.15, -0.1) is 0 Å². The van der Waals surface area contributed by atoms with Crippen LogP contribution in [0.3, 0.4) is 0 Å². The number of nitrogens with one attached hydrogen (secondary N) is 2. The van der Waals surface area contributed by atoms with E-state index in [0.29, 0.717) is 18.1 Å². The van der Waals surface area contributed by atoms with Crippen LogP contribution in [0.5, 0.6) is 0 Å². The van der Waals surface area contributed by atoms with E-state index >= 15 is 0 Å². The SMILES string of the molecule is CCN(CC(=O)O)C1CC(NC(=O)NCc2ccc(Cl)c(C)c2)C1. The molecule has 0 saturated heterocycles. The van der Waals surface area contributed by atoms with Crippen molar-refractivity contribution in [3.8, 4) is 0 Å². The minimum atomic E-state index is -0.815. The van der Waals surface area contributed by atoms with Gasteiger partial charge in [0.1, 0.15) is 0 Å². The van der Waals surface area contributed by atoms with Crippen LogP contribution in [-0.2, 0) is 11.3 Å². The molecule has 1 aromatic carbocycles. The van der Waals surface area contributed by atoms with Gasteiger partial charge >= 0.3 is 12.0 Å². The molecule has 0 atom stereocenters. The summed E-state index contributed by atoms with van der Waals surface area (Å²) in [5.74, 6) is -0.815. The number of carbonyl (C=O) groups excluding carboxylic acids is 1. The fourth-order valence-corrected chi connectivity index (χ4v) is 3.03. The third-order valence-electron chi connectivity index (χ3n) is 4.38. The predicted molar refractivity (Wildman–Crippen MR) is 93.3 cm³/mol. The molecule has 6 nitrogen and oxygen atoms in total. The first-order valence-electron chi connectivity index (χ1n) is 8.14. The van der Waals surface area contributed by atoms with Crippen LogP contribution in [0.25, 0.3) is 0 Å². The Bertz CT molecular complexity index is 603. The van der Waals surface area contributed by atoms with Crippen LogP contribution in [0.1, 0.15) is 30.9 Å². The first-order valence-corrected chi connectivity index (χ1v) is 8.52. The van der Waals surface area contributed by atoms with Gasteiger partial charge in [-0.3, -0.25) is 9.69 Å². The summed E-state index contributed by atoms with van der Waals surface area (Å²) in [6.07, 6.45) is 1.57. The second kappa shape index (κ2) is 8.35. The van der Waals surface area contributed by atoms with Crippen molar-refractivity contribution in [1.82, 2.24) is 15.5 Å². The zero-order valence-corrected chi connectivity index (χ0v) is 14.8. The molecule has 7 heteroatoms. The number of hydrogen-bond donors (Lipinski definition) is 3. The topological polar surface area (TPSA) is 81.7 Å². The lowest BCUT2D eigenvalue weighted by Crippen LogP contribution is -2.56. The molecule has 0 spiro atoms. The molecule has 2 amide bonds. The fourth-order valence-electron chi connectivity index (χ4n) is 2.91. The molecule has 0 radical (unpaired) electrons. The third-order valence-corrected chi connectivity index (χ3v) is 4.81. The quantitative estimate of drug-likeness (QED) is 0.703. The van der Waals surface area contributed by atoms with Crippen molar-refractivity contribution in [3.05, 3.63) is 34.3 Å². The number of likely N-dealkylation sites (N-methyl/N-ethyl adjacent to an activating group) is 1. The van der Waals surface area contributed by atoms with E-state index in [1.54, 1.807) is 0 Å². The Morgan fingerprint density at radius 2 is 2.08 bits per heavy atom. The van der Waals surface area contributed by atoms with Gasteiger partial charge in [-0.1, -0.05) is 30.7 Å². The van der Waals surface area contributed by atoms with E-state index in [9.17, 15) is 9.59 Å². The maximum absolute atomic E-state index is 11.9. The number of halogens is 1. The second-order valence-electron chi connectivity index (χ2n) is 6.19. The number of benzene rings is 1. The summed E-state index contributed by atoms with van der Waals surface area (Å²) in [5, 5.41) is 15.4. The number of carbonyl (C=O) groups is 2. The van der Waals surface area contributed by atoms with E-state index in [1.807, 2.05) is 36.9 Å². The highest BCUT2D eigenvalue weighted by molar-refractivity contribution is 6.31. The molecular weight excluding hydrogens is 330 g/mol. The van der Waals surface area contributed by atoms with E-state index < -0.39 is 5.97 Å². The summed E-state index contributed by atoms with van der Waals surface area (Å²) < 4.78 is 0. The number of nitrogens with zero attached hydrogens (tertiary/aromatic N) is 1. The second-order valence-corrected chi connectivity index (χ2v) is 6.60. The molecular formula is C17H24ClN3O3. The molecule has 0 aromatic heterocycles. The van der Waals surface area contributed by atoms with Crippen molar-refractivity contribution >= 4 is 23.6 Å². The molecule has 1 aliphatic rings. The lowest BCUT2D eigenvalue weighted by atomic mass is 9.85. The normalized spacial score (nSPS) is 19.7. The van der Waals surface area contributed by atoms with Crippen LogP contribution in [-0.4, -0.2) is 47.2 Å². The number of aliphatic carboxylic acids is 1. The molecule has 0 aliphatic heterocycles. The Kier molecular flexibility index (Phi) is 6.45. The smallest absolute Gasteiger partial charge is 0.317 e. The molecule has 0 heterocycles. The fraction of sp³-hybridized carbons (Fsp3) is 0.529. The van der Waals surface area contributed by atoms with Gasteiger partial charge in [0.25, 0.3) is 0 Å². The van der Waals surface area contributed by atoms with Gasteiger partial charge in [0.05, 0.1) is 6.54 Å². The Balaban J connectivity index is 1.70. The van der Waals surface area contributed by atoms with Gasteiger partial charge in [-0.2, -0.15) is 0 Å². The van der Waals surface area contributed by atoms with E-state index in [1.165, 1.54) is 0 Å². The van der Waals surface area contributed by atoms with Gasteiger partial charge in [0.2, 0.25) is 0 Å². The van der Waals surface area contributed by atoms with Gasteiger partial charge in [0.15, 0.2) is 0 Å². The van der Waals surface area contributed by atoms with E-state index in [0.717, 1.165) is 24.0 Å². The summed E-state index contributed by atoms with van der Waals surface area (Å²) in [6, 6.07) is 5.80. The highest BCUT2D eigenvalue weighted by atomic mass is 35.5. The molecule has 24 heavy (non-hydrogen) atoms. The number of rotatable bonds is 7. The number of carboxylic acid groups (broad SMARTS) is 1. The molecule has 2 rings (SSSR count). The number of aryl methyl sites for hydroxylation is 1. The highest BCUT2D eigenvalue weighted by Gasteiger charge is 2.34. The van der Waals surface area contributed by atoms with E-state index in [-0.39, 0.29) is 24.7 Å². The van der Waals surface area contributed by atoms with Gasteiger partial charge in [-0.25, -0.2) is 4.79 Å². The average molecular weight is 354 g/mol. The number of carboxylic acids is 1. The maximum Gasteiger partial charge on any atom is 0.317 e. The van der Waals surface area contributed by atoms with Crippen LogP contribution in [0.4, 0.5) is 4.79 Å². The lowest BCUT2D eigenvalue weighted by molar-refractivity contribution is -0.139. The standard InChI is InChI=1S/C17H24ClN3O3/c1-3-21(10-16(22)23)14-7-13(8-14)20-17(24)19-9-12-4-5-15(18)11(2)6-12/h4-6,13-14H,3,7-10H2,1-2H3,(H,22,23)(H2,19,20,24). The summed E-state index contributed by atoms with van der Waals surface area (Å²) in [4.78, 5) is 24.7. The lowest BCUT2D eigenvalue weighted by Gasteiger charge is -2.42. The number of amides is 2. The zero-order chi connectivity index (χ0) is 17.7. The molecule has 0 unspecified atom stereocenters. The maximum atomic E-state index is 11.9. The van der Waals surface area contributed by atoms with Crippen molar-refractivity contribution in [1.29, 1.82) is 0 Å². The molecule has 1 aliphatic carbocycles. The van der Waals surface area contributed by atoms with Crippen molar-refractivity contribution in [3.63, 3.8) is 0 Å². The van der Waals surface area contributed by atoms with Crippen LogP contribution in [0, 0.1) is 6.92 Å². The van der Waals surface area contributed by atoms with Crippen molar-refractivity contribution in [2.24, 2.45) is 0 Å². The molecule has 1 saturated carbocycles. The van der Waals surface area contributed by atoms with Crippen LogP contribution in [0.15, 0.2) is 18.2 Å². The summed E-state index contributed by atoms with van der Waals surface area (Å²) in [5.41, 5.74) is 1.98. The first-order chi connectivity index (χ1) is 11.4. The summed E-state index contributed by atoms with van der Waals surface area (Å²) in [6.45, 7) is 5.07. The van der Waals surface area contributed by atoms with Gasteiger partial charge < -0.3 is 15.7 Å². The number of urea groups is 1. The Labute approximate surface area is 147 Å². The minimum absolute atomic E-state index is 0.0516. The van der Waals surface area contributed by atoms with Crippen LogP contribution < -0.4 is 10.6 Å². The van der Waals surface area contributed by atoms with Gasteiger partial charge in [-0.05, 0) is 43.5 Å². The van der Waals surface area contributed by atoms with Crippen LogP contribution >= 0.6 is 11.6 Å². The average Bonchev–Trinajstić information content (AvgIpc) is 2.49. The Morgan fingerprint density at radius 3 is 2.67 bits per heavy atom. The van der Waals surface area contributed by atoms with Crippen LogP contribution in [0.2, 0.25) is 5.02 Å². The van der Waals surface area contributed by atoms with Crippen molar-refractivity contribution in [2.45, 2.75) is 45.3 Å². The zero-order valence-electron chi connectivity index (χ0n) is 14.0. The molecule has 1 fully saturated rings. The minimum Gasteiger partial charge on any atom is -0.480 e. The van der Waals surface area contributed by atoms with E-state index in [2.05, 4.69) is 10.6 Å². The monoisotopic (exact) mass is 353 g/mol. The molecule has 1 aromatic rings. The molecule has 132 valence electrons. The van der Waals surface area contributed by atoms with Crippen molar-refractivity contribution < 1.29 is 14.7 Å². The van der Waals surface area contributed by atoms with E-state index in [4.69, 9.17) is 16.7 Å². The third kappa shape index (κ3) is 5.11. The summed E-state index contributed by atoms with van der Waals surface area (Å²) in [7, 11) is 0. The highest BCUT2D eigenvalue weighted by Crippen LogP contribution is 2.25. The largest absolute Gasteiger partial charge is 0.480 e. The molecule has 3 N–H and O–H groups in total. The summed E-state index contributed by atoms with van der Waals surface area (Å²) >= 11 is 5.98. The first kappa shape index (κ1) is 18.5. The Hall–Kier alpha value is -1.79. The van der Waals surface area contributed by atoms with Gasteiger partial charge in [0, 0.05) is 23.7 Å². The van der Waals surface area contributed by atoms with Crippen molar-refractivity contribution in [2.75, 3.05) is 13.1 Å². The Morgan fingerprint density at radius 1 is 1.38 bits per heavy atom. The number of hydrogen-bond acceptors (Lipinski definition) is 3. The molecule has 0 bridgehead atoms.